The van der Waals surface area contributed by atoms with E-state index in [-0.39, 0.29) is 31.1 Å². The maximum atomic E-state index is 12.9. The predicted octanol–water partition coefficient (Wildman–Crippen LogP) is 24.4. The van der Waals surface area contributed by atoms with E-state index in [1.807, 2.05) is 0 Å². The number of rotatable bonds is 67. The lowest BCUT2D eigenvalue weighted by Gasteiger charge is -2.18. The van der Waals surface area contributed by atoms with Crippen molar-refractivity contribution in [3.8, 4) is 0 Å². The summed E-state index contributed by atoms with van der Waals surface area (Å²) in [5.74, 6) is -0.831. The number of carbonyl (C=O) groups is 3. The smallest absolute Gasteiger partial charge is 0.306 e. The third kappa shape index (κ3) is 65.0. The fourth-order valence-electron chi connectivity index (χ4n) is 11.2. The molecule has 0 fully saturated rings. The van der Waals surface area contributed by atoms with Gasteiger partial charge in [-0.25, -0.2) is 0 Å². The van der Waals surface area contributed by atoms with Crippen LogP contribution in [0.5, 0.6) is 0 Å². The highest BCUT2D eigenvalue weighted by molar-refractivity contribution is 5.71. The number of hydrogen-bond acceptors (Lipinski definition) is 6. The number of allylic oxidation sites excluding steroid dienone is 2. The number of esters is 3. The Hall–Kier alpha value is -1.85. The zero-order valence-electron chi connectivity index (χ0n) is 53.2. The molecule has 0 aliphatic heterocycles. The quantitative estimate of drug-likeness (QED) is 0.0261. The summed E-state index contributed by atoms with van der Waals surface area (Å²) in [4.78, 5) is 38.4. The summed E-state index contributed by atoms with van der Waals surface area (Å²) in [6.45, 7) is 6.72. The van der Waals surface area contributed by atoms with Gasteiger partial charge in [0.1, 0.15) is 13.2 Å². The molecule has 0 aromatic rings. The normalized spacial score (nSPS) is 12.0. The van der Waals surface area contributed by atoms with E-state index in [0.29, 0.717) is 19.3 Å². The van der Waals surface area contributed by atoms with Crippen LogP contribution in [0, 0.1) is 0 Å². The molecule has 0 amide bonds. The van der Waals surface area contributed by atoms with E-state index in [4.69, 9.17) is 14.2 Å². The summed E-state index contributed by atoms with van der Waals surface area (Å²) in [6.07, 6.45) is 81.1. The molecule has 0 heterocycles. The van der Waals surface area contributed by atoms with Gasteiger partial charge in [0.15, 0.2) is 6.10 Å². The molecule has 6 heteroatoms. The van der Waals surface area contributed by atoms with E-state index in [2.05, 4.69) is 32.9 Å². The summed E-state index contributed by atoms with van der Waals surface area (Å²) in [6, 6.07) is 0. The lowest BCUT2D eigenvalue weighted by atomic mass is 10.0. The summed E-state index contributed by atoms with van der Waals surface area (Å²) in [5, 5.41) is 0. The minimum atomic E-state index is -0.767. The molecule has 0 rings (SSSR count). The van der Waals surface area contributed by atoms with Gasteiger partial charge in [0, 0.05) is 19.3 Å². The molecule has 1 atom stereocenters. The van der Waals surface area contributed by atoms with Crippen LogP contribution in [-0.4, -0.2) is 37.2 Å². The summed E-state index contributed by atoms with van der Waals surface area (Å²) < 4.78 is 17.0. The fraction of sp³-hybridized carbons (Fsp3) is 0.931. The molecule has 0 bridgehead atoms. The zero-order chi connectivity index (χ0) is 56.4. The summed E-state index contributed by atoms with van der Waals surface area (Å²) in [7, 11) is 0. The Morgan fingerprint density at radius 3 is 0.641 bits per heavy atom. The molecule has 0 radical (unpaired) electrons. The van der Waals surface area contributed by atoms with Crippen molar-refractivity contribution in [1.82, 2.24) is 0 Å². The summed E-state index contributed by atoms with van der Waals surface area (Å²) in [5.41, 5.74) is 0. The van der Waals surface area contributed by atoms with Crippen LogP contribution in [-0.2, 0) is 28.6 Å². The lowest BCUT2D eigenvalue weighted by molar-refractivity contribution is -0.167. The second-order valence-corrected chi connectivity index (χ2v) is 24.5. The largest absolute Gasteiger partial charge is 0.462 e. The molecule has 0 saturated heterocycles. The maximum absolute atomic E-state index is 12.9. The topological polar surface area (TPSA) is 78.9 Å². The van der Waals surface area contributed by atoms with Crippen LogP contribution in [0.25, 0.3) is 0 Å². The molecule has 0 saturated carbocycles. The average molecular weight is 1100 g/mol. The lowest BCUT2D eigenvalue weighted by Crippen LogP contribution is -2.30. The van der Waals surface area contributed by atoms with Gasteiger partial charge in [0.25, 0.3) is 0 Å². The van der Waals surface area contributed by atoms with Crippen LogP contribution in [0.4, 0.5) is 0 Å². The number of carbonyl (C=O) groups excluding carboxylic acids is 3. The van der Waals surface area contributed by atoms with E-state index < -0.39 is 6.10 Å². The van der Waals surface area contributed by atoms with Crippen LogP contribution in [0.1, 0.15) is 412 Å². The Labute approximate surface area is 488 Å². The molecule has 0 aliphatic carbocycles. The van der Waals surface area contributed by atoms with Crippen molar-refractivity contribution in [2.45, 2.75) is 419 Å². The van der Waals surface area contributed by atoms with Crippen LogP contribution >= 0.6 is 0 Å². The van der Waals surface area contributed by atoms with E-state index in [0.717, 1.165) is 57.8 Å². The van der Waals surface area contributed by atoms with Crippen molar-refractivity contribution < 1.29 is 28.6 Å². The molecule has 0 spiro atoms. The van der Waals surface area contributed by atoms with E-state index in [9.17, 15) is 14.4 Å². The number of ether oxygens (including phenoxy) is 3. The highest BCUT2D eigenvalue weighted by Gasteiger charge is 2.19. The first-order valence-corrected chi connectivity index (χ1v) is 35.7. The first-order valence-electron chi connectivity index (χ1n) is 35.7. The zero-order valence-corrected chi connectivity index (χ0v) is 53.2. The molecule has 462 valence electrons. The first-order chi connectivity index (χ1) is 38.5. The SMILES string of the molecule is CCCCCCCC/C=C\CCCCCCCCCCCC(=O)OC(COC(=O)CCCCCCCCCCCCCCC)COC(=O)CCCCCCCCCCCCCCCCCCCCCCCCCCCCCC. The van der Waals surface area contributed by atoms with E-state index >= 15 is 0 Å². The Morgan fingerprint density at radius 2 is 0.423 bits per heavy atom. The second kappa shape index (κ2) is 67.7. The third-order valence-corrected chi connectivity index (χ3v) is 16.5. The predicted molar refractivity (Wildman–Crippen MR) is 340 cm³/mol. The molecule has 0 aromatic carbocycles. The van der Waals surface area contributed by atoms with Crippen molar-refractivity contribution in [2.75, 3.05) is 13.2 Å². The van der Waals surface area contributed by atoms with Crippen LogP contribution in [0.3, 0.4) is 0 Å². The van der Waals surface area contributed by atoms with Crippen molar-refractivity contribution in [1.29, 1.82) is 0 Å². The van der Waals surface area contributed by atoms with Gasteiger partial charge in [-0.15, -0.1) is 0 Å². The average Bonchev–Trinajstić information content (AvgIpc) is 3.44. The molecular weight excluding hydrogens is 961 g/mol. The van der Waals surface area contributed by atoms with Gasteiger partial charge in [-0.3, -0.25) is 14.4 Å². The minimum Gasteiger partial charge on any atom is -0.462 e. The molecule has 1 unspecified atom stereocenters. The molecule has 78 heavy (non-hydrogen) atoms. The van der Waals surface area contributed by atoms with Gasteiger partial charge in [-0.1, -0.05) is 360 Å². The van der Waals surface area contributed by atoms with Gasteiger partial charge in [-0.2, -0.15) is 0 Å². The maximum Gasteiger partial charge on any atom is 0.306 e. The van der Waals surface area contributed by atoms with Crippen molar-refractivity contribution in [3.63, 3.8) is 0 Å². The Morgan fingerprint density at radius 1 is 0.244 bits per heavy atom. The Kier molecular flexibility index (Phi) is 66.0. The van der Waals surface area contributed by atoms with E-state index in [1.165, 1.54) is 315 Å². The minimum absolute atomic E-state index is 0.0639. The van der Waals surface area contributed by atoms with Crippen LogP contribution < -0.4 is 0 Å². The molecule has 0 aliphatic rings. The van der Waals surface area contributed by atoms with Gasteiger partial charge in [0.2, 0.25) is 0 Å². The van der Waals surface area contributed by atoms with Gasteiger partial charge < -0.3 is 14.2 Å². The highest BCUT2D eigenvalue weighted by Crippen LogP contribution is 2.19. The van der Waals surface area contributed by atoms with Crippen molar-refractivity contribution in [3.05, 3.63) is 12.2 Å². The monoisotopic (exact) mass is 1100 g/mol. The van der Waals surface area contributed by atoms with Gasteiger partial charge in [0.05, 0.1) is 0 Å². The van der Waals surface area contributed by atoms with Gasteiger partial charge in [-0.05, 0) is 44.9 Å². The fourth-order valence-corrected chi connectivity index (χ4v) is 11.2. The number of unbranched alkanes of at least 4 members (excludes halogenated alkanes) is 54. The van der Waals surface area contributed by atoms with Crippen LogP contribution in [0.15, 0.2) is 12.2 Å². The van der Waals surface area contributed by atoms with E-state index in [1.54, 1.807) is 0 Å². The summed E-state index contributed by atoms with van der Waals surface area (Å²) >= 11 is 0. The molecular formula is C72H138O6. The standard InChI is InChI=1S/C72H138O6/c1-4-7-10-13-16-19-22-25-27-29-31-32-33-34-35-36-37-38-39-41-42-44-47-50-53-56-59-62-65-71(74)77-68-69(67-76-70(73)64-61-58-55-52-49-46-24-21-18-15-12-9-6-3)78-72(75)66-63-60-57-54-51-48-45-43-40-30-28-26-23-20-17-14-11-8-5-2/h26,28,69H,4-25,27,29-68H2,1-3H3/b28-26-. The second-order valence-electron chi connectivity index (χ2n) is 24.5. The molecule has 0 aromatic heterocycles. The Balaban J connectivity index is 4.16. The van der Waals surface area contributed by atoms with Crippen LogP contribution in [0.2, 0.25) is 0 Å². The van der Waals surface area contributed by atoms with Crippen molar-refractivity contribution >= 4 is 17.9 Å². The number of hydrogen-bond donors (Lipinski definition) is 0. The molecule has 6 nitrogen and oxygen atoms in total. The highest BCUT2D eigenvalue weighted by atomic mass is 16.6. The van der Waals surface area contributed by atoms with Crippen molar-refractivity contribution in [2.24, 2.45) is 0 Å². The third-order valence-electron chi connectivity index (χ3n) is 16.5. The first kappa shape index (κ1) is 76.1. The van der Waals surface area contributed by atoms with Gasteiger partial charge >= 0.3 is 17.9 Å². The molecule has 0 N–H and O–H groups in total. The Bertz CT molecular complexity index is 1210.